The van der Waals surface area contributed by atoms with E-state index in [1.165, 1.54) is 0 Å². The summed E-state index contributed by atoms with van der Waals surface area (Å²) in [4.78, 5) is 13.0. The minimum absolute atomic E-state index is 0.516. The Balaban J connectivity index is 2.35. The molecule has 2 aromatic carbocycles. The summed E-state index contributed by atoms with van der Waals surface area (Å²) in [6, 6.07) is 17.4. The molecule has 2 unspecified atom stereocenters. The first kappa shape index (κ1) is 15.0. The monoisotopic (exact) mass is 283 g/mol. The van der Waals surface area contributed by atoms with E-state index >= 15 is 0 Å². The standard InChI is InChI=1S/C17H17NO3/c1-2-15(19)18(16(20)13-9-5-3-6-10-13)17(21)14-11-7-4-8-12-14/h2-12,16-17,20-21H,1H2. The van der Waals surface area contributed by atoms with Gasteiger partial charge in [-0.1, -0.05) is 67.2 Å². The Morgan fingerprint density at radius 2 is 1.29 bits per heavy atom. The predicted molar refractivity (Wildman–Crippen MR) is 79.8 cm³/mol. The Morgan fingerprint density at radius 3 is 1.62 bits per heavy atom. The molecule has 0 aliphatic heterocycles. The van der Waals surface area contributed by atoms with Crippen molar-refractivity contribution in [3.8, 4) is 0 Å². The van der Waals surface area contributed by atoms with Crippen LogP contribution in [0.1, 0.15) is 23.6 Å². The van der Waals surface area contributed by atoms with E-state index in [9.17, 15) is 15.0 Å². The average molecular weight is 283 g/mol. The van der Waals surface area contributed by atoms with Crippen molar-refractivity contribution in [2.75, 3.05) is 0 Å². The van der Waals surface area contributed by atoms with E-state index in [-0.39, 0.29) is 0 Å². The van der Waals surface area contributed by atoms with Crippen LogP contribution in [0.25, 0.3) is 0 Å². The number of carbonyl (C=O) groups is 1. The molecule has 0 aliphatic carbocycles. The Morgan fingerprint density at radius 1 is 0.905 bits per heavy atom. The third kappa shape index (κ3) is 3.37. The molecule has 2 rings (SSSR count). The zero-order valence-electron chi connectivity index (χ0n) is 11.5. The van der Waals surface area contributed by atoms with Crippen molar-refractivity contribution in [2.45, 2.75) is 12.5 Å². The number of amides is 1. The van der Waals surface area contributed by atoms with Gasteiger partial charge >= 0.3 is 0 Å². The highest BCUT2D eigenvalue weighted by atomic mass is 16.3. The summed E-state index contributed by atoms with van der Waals surface area (Å²) in [5.41, 5.74) is 1.03. The lowest BCUT2D eigenvalue weighted by Crippen LogP contribution is -2.37. The normalized spacial score (nSPS) is 13.2. The van der Waals surface area contributed by atoms with Crippen molar-refractivity contribution in [1.29, 1.82) is 0 Å². The van der Waals surface area contributed by atoms with E-state index in [1.54, 1.807) is 48.5 Å². The summed E-state index contributed by atoms with van der Waals surface area (Å²) >= 11 is 0. The zero-order chi connectivity index (χ0) is 15.2. The van der Waals surface area contributed by atoms with Crippen molar-refractivity contribution in [3.63, 3.8) is 0 Å². The molecule has 0 heterocycles. The summed E-state index contributed by atoms with van der Waals surface area (Å²) < 4.78 is 0. The van der Waals surface area contributed by atoms with Gasteiger partial charge in [0.2, 0.25) is 0 Å². The Kier molecular flexibility index (Phi) is 4.87. The van der Waals surface area contributed by atoms with Crippen molar-refractivity contribution < 1.29 is 15.0 Å². The largest absolute Gasteiger partial charge is 0.369 e. The molecule has 21 heavy (non-hydrogen) atoms. The van der Waals surface area contributed by atoms with Gasteiger partial charge in [0.05, 0.1) is 0 Å². The molecule has 4 nitrogen and oxygen atoms in total. The SMILES string of the molecule is C=CC(=O)N(C(O)c1ccccc1)C(O)c1ccccc1. The maximum atomic E-state index is 12.0. The number of aliphatic hydroxyl groups is 2. The molecule has 108 valence electrons. The van der Waals surface area contributed by atoms with Crippen molar-refractivity contribution in [2.24, 2.45) is 0 Å². The molecular weight excluding hydrogens is 266 g/mol. The van der Waals surface area contributed by atoms with Gasteiger partial charge in [-0.3, -0.25) is 9.69 Å². The third-order valence-corrected chi connectivity index (χ3v) is 3.15. The summed E-state index contributed by atoms with van der Waals surface area (Å²) in [6.45, 7) is 3.42. The minimum Gasteiger partial charge on any atom is -0.369 e. The number of hydrogen-bond donors (Lipinski definition) is 2. The molecule has 2 aromatic rings. The Hall–Kier alpha value is -2.43. The van der Waals surface area contributed by atoms with Crippen LogP contribution in [0.4, 0.5) is 0 Å². The number of benzene rings is 2. The van der Waals surface area contributed by atoms with Crippen LogP contribution in [0.3, 0.4) is 0 Å². The lowest BCUT2D eigenvalue weighted by Gasteiger charge is -2.32. The molecule has 0 bridgehead atoms. The summed E-state index contributed by atoms with van der Waals surface area (Å²) in [5.74, 6) is -0.553. The van der Waals surface area contributed by atoms with Gasteiger partial charge < -0.3 is 10.2 Å². The Bertz CT molecular complexity index is 552. The first-order valence-corrected chi connectivity index (χ1v) is 6.56. The van der Waals surface area contributed by atoms with Gasteiger partial charge in [-0.2, -0.15) is 0 Å². The molecule has 0 radical (unpaired) electrons. The van der Waals surface area contributed by atoms with Gasteiger partial charge in [-0.25, -0.2) is 0 Å². The third-order valence-electron chi connectivity index (χ3n) is 3.15. The topological polar surface area (TPSA) is 60.8 Å². The molecule has 2 N–H and O–H groups in total. The molecule has 0 aromatic heterocycles. The van der Waals surface area contributed by atoms with Crippen LogP contribution in [0.2, 0.25) is 0 Å². The molecule has 0 spiro atoms. The maximum Gasteiger partial charge on any atom is 0.250 e. The fourth-order valence-corrected chi connectivity index (χ4v) is 2.05. The van der Waals surface area contributed by atoms with Gasteiger partial charge in [-0.05, 0) is 6.08 Å². The second kappa shape index (κ2) is 6.83. The fourth-order valence-electron chi connectivity index (χ4n) is 2.05. The van der Waals surface area contributed by atoms with E-state index < -0.39 is 18.4 Å². The maximum absolute atomic E-state index is 12.0. The van der Waals surface area contributed by atoms with E-state index in [0.29, 0.717) is 11.1 Å². The quantitative estimate of drug-likeness (QED) is 0.654. The van der Waals surface area contributed by atoms with Crippen LogP contribution < -0.4 is 0 Å². The van der Waals surface area contributed by atoms with Crippen molar-refractivity contribution in [1.82, 2.24) is 4.90 Å². The molecule has 1 amide bonds. The smallest absolute Gasteiger partial charge is 0.250 e. The first-order valence-electron chi connectivity index (χ1n) is 6.56. The second-order valence-electron chi connectivity index (χ2n) is 4.52. The Labute approximate surface area is 123 Å². The minimum atomic E-state index is -1.26. The van der Waals surface area contributed by atoms with E-state index in [2.05, 4.69) is 6.58 Å². The van der Waals surface area contributed by atoms with Crippen LogP contribution in [-0.2, 0) is 4.79 Å². The van der Waals surface area contributed by atoms with E-state index in [1.807, 2.05) is 12.1 Å². The number of carbonyl (C=O) groups excluding carboxylic acids is 1. The van der Waals surface area contributed by atoms with Crippen molar-refractivity contribution in [3.05, 3.63) is 84.4 Å². The highest BCUT2D eigenvalue weighted by molar-refractivity contribution is 5.87. The molecule has 2 atom stereocenters. The van der Waals surface area contributed by atoms with Crippen molar-refractivity contribution >= 4 is 5.91 Å². The van der Waals surface area contributed by atoms with Gasteiger partial charge in [0.25, 0.3) is 5.91 Å². The lowest BCUT2D eigenvalue weighted by molar-refractivity contribution is -0.157. The van der Waals surface area contributed by atoms with E-state index in [4.69, 9.17) is 0 Å². The number of aliphatic hydroxyl groups excluding tert-OH is 2. The van der Waals surface area contributed by atoms with Gasteiger partial charge in [0.15, 0.2) is 12.5 Å². The highest BCUT2D eigenvalue weighted by Gasteiger charge is 2.28. The molecule has 0 saturated heterocycles. The van der Waals surface area contributed by atoms with Crippen LogP contribution in [0, 0.1) is 0 Å². The van der Waals surface area contributed by atoms with Gasteiger partial charge in [0, 0.05) is 11.1 Å². The number of hydrogen-bond acceptors (Lipinski definition) is 3. The molecule has 0 saturated carbocycles. The van der Waals surface area contributed by atoms with E-state index in [0.717, 1.165) is 11.0 Å². The number of rotatable bonds is 5. The average Bonchev–Trinajstić information content (AvgIpc) is 2.56. The summed E-state index contributed by atoms with van der Waals surface area (Å²) in [7, 11) is 0. The van der Waals surface area contributed by atoms with Crippen LogP contribution in [0.5, 0.6) is 0 Å². The number of nitrogens with zero attached hydrogens (tertiary/aromatic N) is 1. The molecule has 0 fully saturated rings. The van der Waals surface area contributed by atoms with Crippen LogP contribution >= 0.6 is 0 Å². The second-order valence-corrected chi connectivity index (χ2v) is 4.52. The zero-order valence-corrected chi connectivity index (χ0v) is 11.5. The molecular formula is C17H17NO3. The van der Waals surface area contributed by atoms with Crippen LogP contribution in [0.15, 0.2) is 73.3 Å². The molecule has 0 aliphatic rings. The predicted octanol–water partition coefficient (Wildman–Crippen LogP) is 2.38. The van der Waals surface area contributed by atoms with Gasteiger partial charge in [-0.15, -0.1) is 0 Å². The summed E-state index contributed by atoms with van der Waals surface area (Å²) in [5, 5.41) is 20.8. The molecule has 4 heteroatoms. The van der Waals surface area contributed by atoms with Gasteiger partial charge in [0.1, 0.15) is 0 Å². The van der Waals surface area contributed by atoms with Crippen LogP contribution in [-0.4, -0.2) is 21.0 Å². The highest BCUT2D eigenvalue weighted by Crippen LogP contribution is 2.27. The first-order chi connectivity index (χ1) is 10.1. The lowest BCUT2D eigenvalue weighted by atomic mass is 10.1. The summed E-state index contributed by atoms with van der Waals surface area (Å²) in [6.07, 6.45) is -1.45. The fraction of sp³-hybridized carbons (Fsp3) is 0.118.